The number of carbonyl (C=O) groups excluding carboxylic acids is 2. The SMILES string of the molecule is CC(=O)c1ccc(-c2ccc(OCCOCCOCCOc3ccc(-c4ccc(C(C)=O)cc4)cc3)cc2)cc1. The van der Waals surface area contributed by atoms with Crippen molar-refractivity contribution in [3.8, 4) is 33.8 Å². The Morgan fingerprint density at radius 3 is 1.00 bits per heavy atom. The summed E-state index contributed by atoms with van der Waals surface area (Å²) in [5, 5.41) is 0. The number of ether oxygens (including phenoxy) is 4. The van der Waals surface area contributed by atoms with Crippen LogP contribution in [-0.2, 0) is 9.47 Å². The molecule has 0 fully saturated rings. The first-order valence-corrected chi connectivity index (χ1v) is 13.3. The Bertz CT molecular complexity index is 1250. The molecule has 0 unspecified atom stereocenters. The van der Waals surface area contributed by atoms with Gasteiger partial charge in [-0.1, -0.05) is 72.8 Å². The molecule has 40 heavy (non-hydrogen) atoms. The summed E-state index contributed by atoms with van der Waals surface area (Å²) in [5.41, 5.74) is 5.65. The monoisotopic (exact) mass is 538 g/mol. The van der Waals surface area contributed by atoms with E-state index in [-0.39, 0.29) is 11.6 Å². The van der Waals surface area contributed by atoms with Gasteiger partial charge in [0.2, 0.25) is 0 Å². The van der Waals surface area contributed by atoms with Crippen LogP contribution in [0.4, 0.5) is 0 Å². The molecule has 0 amide bonds. The highest BCUT2D eigenvalue weighted by Crippen LogP contribution is 2.24. The molecule has 0 saturated carbocycles. The molecular formula is C34H34O6. The second-order valence-electron chi connectivity index (χ2n) is 9.24. The minimum Gasteiger partial charge on any atom is -0.491 e. The maximum Gasteiger partial charge on any atom is 0.159 e. The fourth-order valence-corrected chi connectivity index (χ4v) is 4.04. The molecule has 206 valence electrons. The number of carbonyl (C=O) groups is 2. The first-order chi connectivity index (χ1) is 19.5. The fourth-order valence-electron chi connectivity index (χ4n) is 4.04. The van der Waals surface area contributed by atoms with Gasteiger partial charge in [-0.05, 0) is 60.4 Å². The van der Waals surface area contributed by atoms with Crippen molar-refractivity contribution >= 4 is 11.6 Å². The van der Waals surface area contributed by atoms with Gasteiger partial charge in [0.25, 0.3) is 0 Å². The van der Waals surface area contributed by atoms with Crippen LogP contribution in [-0.4, -0.2) is 51.2 Å². The van der Waals surface area contributed by atoms with E-state index in [1.54, 1.807) is 13.8 Å². The molecule has 4 rings (SSSR count). The highest BCUT2D eigenvalue weighted by molar-refractivity contribution is 5.95. The van der Waals surface area contributed by atoms with E-state index in [1.807, 2.05) is 97.1 Å². The van der Waals surface area contributed by atoms with Crippen molar-refractivity contribution in [1.82, 2.24) is 0 Å². The summed E-state index contributed by atoms with van der Waals surface area (Å²) >= 11 is 0. The molecule has 0 aromatic heterocycles. The lowest BCUT2D eigenvalue weighted by Gasteiger charge is -2.10. The van der Waals surface area contributed by atoms with Crippen LogP contribution in [0.5, 0.6) is 11.5 Å². The van der Waals surface area contributed by atoms with Gasteiger partial charge in [-0.2, -0.15) is 0 Å². The zero-order chi connectivity index (χ0) is 28.2. The molecule has 6 heteroatoms. The average Bonchev–Trinajstić information content (AvgIpc) is 2.99. The second-order valence-corrected chi connectivity index (χ2v) is 9.24. The van der Waals surface area contributed by atoms with Crippen molar-refractivity contribution in [2.45, 2.75) is 13.8 Å². The topological polar surface area (TPSA) is 71.1 Å². The largest absolute Gasteiger partial charge is 0.491 e. The molecule has 0 radical (unpaired) electrons. The molecule has 0 aliphatic rings. The molecule has 0 spiro atoms. The minimum atomic E-state index is 0.0624. The first-order valence-electron chi connectivity index (χ1n) is 13.3. The van der Waals surface area contributed by atoms with Crippen molar-refractivity contribution in [3.63, 3.8) is 0 Å². The molecule has 0 saturated heterocycles. The van der Waals surface area contributed by atoms with Gasteiger partial charge in [-0.15, -0.1) is 0 Å². The van der Waals surface area contributed by atoms with Crippen LogP contribution in [0.3, 0.4) is 0 Å². The highest BCUT2D eigenvalue weighted by Gasteiger charge is 2.04. The predicted molar refractivity (Wildman–Crippen MR) is 156 cm³/mol. The third kappa shape index (κ3) is 8.63. The lowest BCUT2D eigenvalue weighted by atomic mass is 10.0. The standard InChI is InChI=1S/C34H34O6/c1-25(35)27-3-7-29(8-4-27)31-11-15-33(16-12-31)39-23-21-37-19-20-38-22-24-40-34-17-13-32(14-18-34)30-9-5-28(6-10-30)26(2)36/h3-18H,19-24H2,1-2H3. The molecule has 6 nitrogen and oxygen atoms in total. The van der Waals surface area contributed by atoms with Gasteiger partial charge in [0.15, 0.2) is 11.6 Å². The highest BCUT2D eigenvalue weighted by atomic mass is 16.6. The molecule has 0 aliphatic heterocycles. The third-order valence-corrected chi connectivity index (χ3v) is 6.32. The molecular weight excluding hydrogens is 504 g/mol. The van der Waals surface area contributed by atoms with Crippen LogP contribution in [0.15, 0.2) is 97.1 Å². The van der Waals surface area contributed by atoms with Crippen LogP contribution < -0.4 is 9.47 Å². The van der Waals surface area contributed by atoms with Crippen molar-refractivity contribution in [3.05, 3.63) is 108 Å². The van der Waals surface area contributed by atoms with Gasteiger partial charge in [0, 0.05) is 11.1 Å². The van der Waals surface area contributed by atoms with Gasteiger partial charge in [0.1, 0.15) is 24.7 Å². The van der Waals surface area contributed by atoms with E-state index in [4.69, 9.17) is 18.9 Å². The molecule has 0 bridgehead atoms. The lowest BCUT2D eigenvalue weighted by Crippen LogP contribution is -2.13. The average molecular weight is 539 g/mol. The van der Waals surface area contributed by atoms with Crippen molar-refractivity contribution in [2.75, 3.05) is 39.6 Å². The first kappa shape index (κ1) is 28.7. The third-order valence-electron chi connectivity index (χ3n) is 6.32. The molecule has 0 N–H and O–H groups in total. The number of hydrogen-bond donors (Lipinski definition) is 0. The normalized spacial score (nSPS) is 10.8. The summed E-state index contributed by atoms with van der Waals surface area (Å²) in [6.45, 7) is 5.94. The van der Waals surface area contributed by atoms with E-state index >= 15 is 0 Å². The van der Waals surface area contributed by atoms with E-state index in [2.05, 4.69) is 0 Å². The number of benzene rings is 4. The van der Waals surface area contributed by atoms with E-state index < -0.39 is 0 Å². The van der Waals surface area contributed by atoms with Crippen molar-refractivity contribution in [1.29, 1.82) is 0 Å². The number of Topliss-reactive ketones (excluding diaryl/α,β-unsaturated/α-hetero) is 2. The van der Waals surface area contributed by atoms with Crippen LogP contribution in [0, 0.1) is 0 Å². The number of hydrogen-bond acceptors (Lipinski definition) is 6. The van der Waals surface area contributed by atoms with Gasteiger partial charge in [-0.25, -0.2) is 0 Å². The Balaban J connectivity index is 1.04. The number of rotatable bonds is 15. The van der Waals surface area contributed by atoms with E-state index in [0.717, 1.165) is 33.8 Å². The van der Waals surface area contributed by atoms with Crippen LogP contribution >= 0.6 is 0 Å². The Labute approximate surface area is 235 Å². The van der Waals surface area contributed by atoms with E-state index in [1.165, 1.54) is 0 Å². The van der Waals surface area contributed by atoms with Gasteiger partial charge >= 0.3 is 0 Å². The molecule has 4 aromatic carbocycles. The Morgan fingerprint density at radius 1 is 0.425 bits per heavy atom. The summed E-state index contributed by atoms with van der Waals surface area (Å²) in [5.74, 6) is 1.68. The molecule has 4 aromatic rings. The van der Waals surface area contributed by atoms with E-state index in [9.17, 15) is 9.59 Å². The summed E-state index contributed by atoms with van der Waals surface area (Å²) in [6, 6.07) is 30.9. The van der Waals surface area contributed by atoms with Gasteiger partial charge in [0.05, 0.1) is 26.4 Å². The van der Waals surface area contributed by atoms with Gasteiger partial charge < -0.3 is 18.9 Å². The summed E-state index contributed by atoms with van der Waals surface area (Å²) in [6.07, 6.45) is 0. The fraction of sp³-hybridized carbons (Fsp3) is 0.235. The zero-order valence-electron chi connectivity index (χ0n) is 22.9. The second kappa shape index (κ2) is 14.8. The number of ketones is 2. The Hall–Kier alpha value is -4.26. The summed E-state index contributed by atoms with van der Waals surface area (Å²) in [4.78, 5) is 22.9. The smallest absolute Gasteiger partial charge is 0.159 e. The van der Waals surface area contributed by atoms with Crippen molar-refractivity contribution < 1.29 is 28.5 Å². The summed E-state index contributed by atoms with van der Waals surface area (Å²) in [7, 11) is 0. The maximum absolute atomic E-state index is 11.4. The zero-order valence-corrected chi connectivity index (χ0v) is 22.9. The molecule has 0 heterocycles. The van der Waals surface area contributed by atoms with E-state index in [0.29, 0.717) is 50.8 Å². The Morgan fingerprint density at radius 2 is 0.700 bits per heavy atom. The molecule has 0 atom stereocenters. The quantitative estimate of drug-likeness (QED) is 0.121. The maximum atomic E-state index is 11.4. The Kier molecular flexibility index (Phi) is 10.6. The van der Waals surface area contributed by atoms with Crippen LogP contribution in [0.1, 0.15) is 34.6 Å². The predicted octanol–water partition coefficient (Wildman–Crippen LogP) is 6.92. The van der Waals surface area contributed by atoms with Crippen LogP contribution in [0.2, 0.25) is 0 Å². The minimum absolute atomic E-state index is 0.0624. The summed E-state index contributed by atoms with van der Waals surface area (Å²) < 4.78 is 22.7. The molecule has 0 aliphatic carbocycles. The van der Waals surface area contributed by atoms with Gasteiger partial charge in [-0.3, -0.25) is 9.59 Å². The lowest BCUT2D eigenvalue weighted by molar-refractivity contribution is 0.0273. The van der Waals surface area contributed by atoms with Crippen molar-refractivity contribution in [2.24, 2.45) is 0 Å². The van der Waals surface area contributed by atoms with Crippen LogP contribution in [0.25, 0.3) is 22.3 Å².